The molecule has 0 saturated heterocycles. The van der Waals surface area contributed by atoms with Gasteiger partial charge in [-0.2, -0.15) is 13.2 Å². The molecule has 2 heterocycles. The Morgan fingerprint density at radius 1 is 1.29 bits per heavy atom. The number of alkyl halides is 3. The minimum Gasteiger partial charge on any atom is -0.487 e. The molecular formula is C23H28F4N4O3. The third-order valence-corrected chi connectivity index (χ3v) is 6.44. The topological polar surface area (TPSA) is 97.0 Å². The predicted octanol–water partition coefficient (Wildman–Crippen LogP) is 3.52. The first-order valence-corrected chi connectivity index (χ1v) is 11.1. The van der Waals surface area contributed by atoms with Crippen molar-refractivity contribution in [1.82, 2.24) is 10.2 Å². The number of halogens is 4. The number of benzene rings is 1. The highest BCUT2D eigenvalue weighted by molar-refractivity contribution is 5.99. The molecule has 1 fully saturated rings. The molecule has 1 aliphatic carbocycles. The van der Waals surface area contributed by atoms with Gasteiger partial charge in [0, 0.05) is 18.9 Å². The van der Waals surface area contributed by atoms with Crippen molar-refractivity contribution < 1.29 is 31.9 Å². The number of rotatable bonds is 4. The van der Waals surface area contributed by atoms with Crippen molar-refractivity contribution in [2.75, 3.05) is 6.54 Å². The molecule has 1 saturated carbocycles. The lowest BCUT2D eigenvalue weighted by molar-refractivity contribution is -0.140. The van der Waals surface area contributed by atoms with Gasteiger partial charge in [-0.05, 0) is 52.2 Å². The Balaban J connectivity index is 1.50. The van der Waals surface area contributed by atoms with Crippen LogP contribution < -0.4 is 15.8 Å². The van der Waals surface area contributed by atoms with Gasteiger partial charge in [0.2, 0.25) is 11.8 Å². The number of nitrogens with two attached hydrogens (primary N) is 1. The maximum Gasteiger partial charge on any atom is 0.419 e. The van der Waals surface area contributed by atoms with E-state index in [2.05, 4.69) is 10.3 Å². The first kappa shape index (κ1) is 24.3. The van der Waals surface area contributed by atoms with Gasteiger partial charge in [-0.1, -0.05) is 0 Å². The molecule has 0 spiro atoms. The van der Waals surface area contributed by atoms with Crippen molar-refractivity contribution in [1.29, 1.82) is 0 Å². The van der Waals surface area contributed by atoms with Crippen LogP contribution in [0.3, 0.4) is 0 Å². The molecule has 4 rings (SSSR count). The monoisotopic (exact) mass is 484 g/mol. The smallest absolute Gasteiger partial charge is 0.419 e. The van der Waals surface area contributed by atoms with Crippen molar-refractivity contribution >= 4 is 17.8 Å². The number of hydrogen-bond acceptors (Lipinski definition) is 5. The van der Waals surface area contributed by atoms with Crippen LogP contribution in [0.15, 0.2) is 17.1 Å². The maximum absolute atomic E-state index is 14.7. The van der Waals surface area contributed by atoms with E-state index in [1.54, 1.807) is 27.7 Å². The summed E-state index contributed by atoms with van der Waals surface area (Å²) >= 11 is 0. The second-order valence-electron chi connectivity index (χ2n) is 10.5. The number of carbonyl (C=O) groups is 2. The first-order chi connectivity index (χ1) is 15.6. The molecule has 3 aliphatic rings. The van der Waals surface area contributed by atoms with Crippen LogP contribution >= 0.6 is 0 Å². The molecule has 0 aromatic heterocycles. The van der Waals surface area contributed by atoms with Crippen molar-refractivity contribution in [3.63, 3.8) is 0 Å². The minimum absolute atomic E-state index is 0.0979. The molecule has 11 heteroatoms. The van der Waals surface area contributed by atoms with E-state index in [-0.39, 0.29) is 42.7 Å². The second kappa shape index (κ2) is 7.84. The highest BCUT2D eigenvalue weighted by Gasteiger charge is 2.48. The Bertz CT molecular complexity index is 1070. The lowest BCUT2D eigenvalue weighted by Crippen LogP contribution is -2.50. The molecule has 3 atom stereocenters. The van der Waals surface area contributed by atoms with Gasteiger partial charge in [0.15, 0.2) is 5.96 Å². The fraction of sp³-hybridized carbons (Fsp3) is 0.609. The number of aliphatic imine (C=N–C) groups is 1. The van der Waals surface area contributed by atoms with Crippen LogP contribution in [0.2, 0.25) is 0 Å². The summed E-state index contributed by atoms with van der Waals surface area (Å²) in [6.45, 7) is 7.01. The average molecular weight is 484 g/mol. The molecule has 7 nitrogen and oxygen atoms in total. The highest BCUT2D eigenvalue weighted by atomic mass is 19.4. The van der Waals surface area contributed by atoms with Crippen molar-refractivity contribution in [3.05, 3.63) is 29.1 Å². The van der Waals surface area contributed by atoms with Crippen molar-refractivity contribution in [3.8, 4) is 5.75 Å². The summed E-state index contributed by atoms with van der Waals surface area (Å²) in [5.41, 5.74) is 2.93. The zero-order valence-corrected chi connectivity index (χ0v) is 19.4. The van der Waals surface area contributed by atoms with E-state index in [4.69, 9.17) is 10.5 Å². The summed E-state index contributed by atoms with van der Waals surface area (Å²) in [7, 11) is 0. The van der Waals surface area contributed by atoms with Gasteiger partial charge in [0.05, 0.1) is 29.1 Å². The van der Waals surface area contributed by atoms with Crippen LogP contribution in [0.1, 0.15) is 64.1 Å². The SMILES string of the molecule is CC1(C)CC(=O)N(C[C@H]2CC2C(=O)N[C@H]2CC(C)(C)Oc3c(C(F)(F)F)ccc(F)c32)C(N)=N1. The van der Waals surface area contributed by atoms with Gasteiger partial charge < -0.3 is 15.8 Å². The Morgan fingerprint density at radius 3 is 2.59 bits per heavy atom. The van der Waals surface area contributed by atoms with Crippen LogP contribution in [0.5, 0.6) is 5.75 Å². The van der Waals surface area contributed by atoms with E-state index < -0.39 is 52.3 Å². The number of nitrogens with zero attached hydrogens (tertiary/aromatic N) is 2. The fourth-order valence-electron chi connectivity index (χ4n) is 4.75. The highest BCUT2D eigenvalue weighted by Crippen LogP contribution is 2.48. The lowest BCUT2D eigenvalue weighted by Gasteiger charge is -2.39. The summed E-state index contributed by atoms with van der Waals surface area (Å²) < 4.78 is 60.8. The van der Waals surface area contributed by atoms with Crippen LogP contribution in [-0.2, 0) is 15.8 Å². The molecule has 2 aliphatic heterocycles. The summed E-state index contributed by atoms with van der Waals surface area (Å²) in [4.78, 5) is 31.1. The summed E-state index contributed by atoms with van der Waals surface area (Å²) in [5, 5.41) is 2.72. The van der Waals surface area contributed by atoms with Gasteiger partial charge in [0.1, 0.15) is 17.2 Å². The molecule has 186 valence electrons. The van der Waals surface area contributed by atoms with E-state index in [0.717, 1.165) is 6.07 Å². The van der Waals surface area contributed by atoms with Gasteiger partial charge in [-0.25, -0.2) is 9.38 Å². The number of ether oxygens (including phenoxy) is 1. The quantitative estimate of drug-likeness (QED) is 0.639. The van der Waals surface area contributed by atoms with Crippen LogP contribution in [0.25, 0.3) is 0 Å². The molecule has 0 bridgehead atoms. The second-order valence-corrected chi connectivity index (χ2v) is 10.5. The van der Waals surface area contributed by atoms with E-state index in [1.807, 2.05) is 0 Å². The lowest BCUT2D eigenvalue weighted by atomic mass is 9.87. The van der Waals surface area contributed by atoms with Gasteiger partial charge in [0.25, 0.3) is 0 Å². The first-order valence-electron chi connectivity index (χ1n) is 11.1. The van der Waals surface area contributed by atoms with E-state index in [1.165, 1.54) is 4.90 Å². The number of amides is 2. The molecular weight excluding hydrogens is 456 g/mol. The van der Waals surface area contributed by atoms with E-state index in [0.29, 0.717) is 12.5 Å². The minimum atomic E-state index is -4.74. The maximum atomic E-state index is 14.7. The standard InChI is InChI=1S/C23H28F4N4O3/c1-21(2)9-16(32)31(20(28)30-21)10-11-7-12(11)19(33)29-15-8-22(3,4)34-18-13(23(25,26)27)5-6-14(24)17(15)18/h5-6,11-12,15H,7-10H2,1-4H3,(H2,28,30)(H,29,33)/t11-,12?,15+/m1/s1. The number of nitrogens with one attached hydrogen (secondary N) is 1. The molecule has 2 amide bonds. The molecule has 0 radical (unpaired) electrons. The Morgan fingerprint density at radius 2 is 1.97 bits per heavy atom. The Hall–Kier alpha value is -2.85. The summed E-state index contributed by atoms with van der Waals surface area (Å²) in [5.74, 6) is -2.57. The largest absolute Gasteiger partial charge is 0.487 e. The third-order valence-electron chi connectivity index (χ3n) is 6.44. The Labute approximate surface area is 194 Å². The third kappa shape index (κ3) is 4.69. The van der Waals surface area contributed by atoms with E-state index in [9.17, 15) is 27.2 Å². The molecule has 34 heavy (non-hydrogen) atoms. The van der Waals surface area contributed by atoms with Crippen LogP contribution in [0.4, 0.5) is 17.6 Å². The number of guanidine groups is 1. The van der Waals surface area contributed by atoms with Crippen molar-refractivity contribution in [2.45, 2.75) is 70.3 Å². The normalized spacial score (nSPS) is 27.4. The zero-order valence-electron chi connectivity index (χ0n) is 19.4. The number of fused-ring (bicyclic) bond motifs is 1. The molecule has 3 N–H and O–H groups in total. The van der Waals surface area contributed by atoms with E-state index >= 15 is 0 Å². The summed E-state index contributed by atoms with van der Waals surface area (Å²) in [6.07, 6.45) is -3.96. The van der Waals surface area contributed by atoms with Crippen molar-refractivity contribution in [2.24, 2.45) is 22.6 Å². The average Bonchev–Trinajstić information content (AvgIpc) is 3.41. The predicted molar refractivity (Wildman–Crippen MR) is 115 cm³/mol. The fourth-order valence-corrected chi connectivity index (χ4v) is 4.75. The number of hydrogen-bond donors (Lipinski definition) is 2. The molecule has 1 aromatic carbocycles. The Kier molecular flexibility index (Phi) is 5.60. The summed E-state index contributed by atoms with van der Waals surface area (Å²) in [6, 6.07) is 0.404. The number of carbonyl (C=O) groups excluding carboxylic acids is 2. The molecule has 1 unspecified atom stereocenters. The van der Waals surface area contributed by atoms with Crippen LogP contribution in [0, 0.1) is 17.7 Å². The van der Waals surface area contributed by atoms with Gasteiger partial charge in [-0.3, -0.25) is 14.5 Å². The van der Waals surface area contributed by atoms with Crippen LogP contribution in [-0.4, -0.2) is 40.4 Å². The van der Waals surface area contributed by atoms with Gasteiger partial charge in [-0.15, -0.1) is 0 Å². The van der Waals surface area contributed by atoms with Gasteiger partial charge >= 0.3 is 6.18 Å². The molecule has 1 aromatic rings. The zero-order chi connectivity index (χ0) is 25.2.